The zero-order valence-electron chi connectivity index (χ0n) is 12.0. The van der Waals surface area contributed by atoms with E-state index in [1.54, 1.807) is 11.3 Å². The van der Waals surface area contributed by atoms with Crippen LogP contribution in [0.5, 0.6) is 0 Å². The number of ether oxygens (including phenoxy) is 1. The number of nitrogens with one attached hydrogen (secondary N) is 1. The van der Waals surface area contributed by atoms with Crippen LogP contribution in [0.15, 0.2) is 5.38 Å². The van der Waals surface area contributed by atoms with Crippen LogP contribution in [0.2, 0.25) is 5.15 Å². The third kappa shape index (κ3) is 4.52. The molecule has 1 saturated heterocycles. The highest BCUT2D eigenvalue weighted by Gasteiger charge is 2.24. The van der Waals surface area contributed by atoms with Crippen LogP contribution in [0.25, 0.3) is 0 Å². The van der Waals surface area contributed by atoms with E-state index in [1.807, 2.05) is 26.2 Å². The molecule has 0 atom stereocenters. The van der Waals surface area contributed by atoms with Crippen molar-refractivity contribution in [1.29, 1.82) is 0 Å². The minimum atomic E-state index is -0.456. The molecule has 1 fully saturated rings. The van der Waals surface area contributed by atoms with Gasteiger partial charge in [-0.25, -0.2) is 9.78 Å². The number of piperidine rings is 1. The Morgan fingerprint density at radius 1 is 1.50 bits per heavy atom. The monoisotopic (exact) mass is 317 g/mol. The second kappa shape index (κ2) is 6.18. The maximum Gasteiger partial charge on any atom is 0.407 e. The minimum absolute atomic E-state index is 0.163. The summed E-state index contributed by atoms with van der Waals surface area (Å²) < 4.78 is 5.26. The van der Waals surface area contributed by atoms with Gasteiger partial charge in [0.05, 0.1) is 0 Å². The van der Waals surface area contributed by atoms with E-state index in [1.165, 1.54) is 0 Å². The molecule has 2 rings (SSSR count). The van der Waals surface area contributed by atoms with E-state index < -0.39 is 5.60 Å². The SMILES string of the molecule is CC(C)(C)OC(=O)NC1CCN(c2nc(Cl)cs2)CC1. The van der Waals surface area contributed by atoms with E-state index in [2.05, 4.69) is 15.2 Å². The lowest BCUT2D eigenvalue weighted by Crippen LogP contribution is -2.46. The predicted octanol–water partition coefficient (Wildman–Crippen LogP) is 3.29. The van der Waals surface area contributed by atoms with Gasteiger partial charge in [-0.1, -0.05) is 11.6 Å². The van der Waals surface area contributed by atoms with Gasteiger partial charge in [0.1, 0.15) is 10.8 Å². The Morgan fingerprint density at radius 3 is 2.65 bits per heavy atom. The second-order valence-corrected chi connectivity index (χ2v) is 7.08. The third-order valence-electron chi connectivity index (χ3n) is 2.95. The summed E-state index contributed by atoms with van der Waals surface area (Å²) in [7, 11) is 0. The average molecular weight is 318 g/mol. The number of alkyl carbamates (subject to hydrolysis) is 1. The normalized spacial score (nSPS) is 17.1. The molecule has 0 radical (unpaired) electrons. The Bertz CT molecular complexity index is 464. The largest absolute Gasteiger partial charge is 0.444 e. The fourth-order valence-corrected chi connectivity index (χ4v) is 3.08. The average Bonchev–Trinajstić information content (AvgIpc) is 2.74. The molecule has 1 aliphatic heterocycles. The first-order valence-electron chi connectivity index (χ1n) is 6.69. The lowest BCUT2D eigenvalue weighted by molar-refractivity contribution is 0.0497. The maximum atomic E-state index is 11.7. The van der Waals surface area contributed by atoms with Crippen molar-refractivity contribution in [2.75, 3.05) is 18.0 Å². The molecule has 1 aromatic heterocycles. The zero-order chi connectivity index (χ0) is 14.8. The molecule has 1 aliphatic rings. The summed E-state index contributed by atoms with van der Waals surface area (Å²) in [5.74, 6) is 0. The van der Waals surface area contributed by atoms with Crippen molar-refractivity contribution in [2.24, 2.45) is 0 Å². The van der Waals surface area contributed by atoms with E-state index >= 15 is 0 Å². The van der Waals surface area contributed by atoms with Crippen LogP contribution in [-0.4, -0.2) is 35.8 Å². The number of aromatic nitrogens is 1. The van der Waals surface area contributed by atoms with Crippen molar-refractivity contribution < 1.29 is 9.53 Å². The van der Waals surface area contributed by atoms with Crippen LogP contribution >= 0.6 is 22.9 Å². The molecule has 5 nitrogen and oxygen atoms in total. The fraction of sp³-hybridized carbons (Fsp3) is 0.692. The summed E-state index contributed by atoms with van der Waals surface area (Å²) in [6, 6.07) is 0.163. The lowest BCUT2D eigenvalue weighted by atomic mass is 10.1. The molecule has 0 bridgehead atoms. The van der Waals surface area contributed by atoms with E-state index in [0.29, 0.717) is 5.15 Å². The summed E-state index contributed by atoms with van der Waals surface area (Å²) in [5, 5.41) is 6.25. The topological polar surface area (TPSA) is 54.5 Å². The molecule has 112 valence electrons. The van der Waals surface area contributed by atoms with Gasteiger partial charge in [-0.2, -0.15) is 0 Å². The molecule has 1 aromatic rings. The number of rotatable bonds is 2. The van der Waals surface area contributed by atoms with Crippen LogP contribution in [0, 0.1) is 0 Å². The third-order valence-corrected chi connectivity index (χ3v) is 4.17. The zero-order valence-corrected chi connectivity index (χ0v) is 13.6. The van der Waals surface area contributed by atoms with E-state index in [4.69, 9.17) is 16.3 Å². The second-order valence-electron chi connectivity index (χ2n) is 5.86. The number of carbonyl (C=O) groups is 1. The van der Waals surface area contributed by atoms with Gasteiger partial charge >= 0.3 is 6.09 Å². The number of amides is 1. The Hall–Kier alpha value is -1.01. The summed E-state index contributed by atoms with van der Waals surface area (Å²) in [6.45, 7) is 7.32. The Morgan fingerprint density at radius 2 is 2.15 bits per heavy atom. The van der Waals surface area contributed by atoms with Crippen LogP contribution in [0.4, 0.5) is 9.93 Å². The molecular formula is C13H20ClN3O2S. The van der Waals surface area contributed by atoms with Crippen LogP contribution < -0.4 is 10.2 Å². The molecule has 0 spiro atoms. The van der Waals surface area contributed by atoms with Gasteiger partial charge in [-0.15, -0.1) is 11.3 Å². The van der Waals surface area contributed by atoms with E-state index in [-0.39, 0.29) is 12.1 Å². The molecule has 20 heavy (non-hydrogen) atoms. The number of hydrogen-bond acceptors (Lipinski definition) is 5. The molecular weight excluding hydrogens is 298 g/mol. The predicted molar refractivity (Wildman–Crippen MR) is 81.7 cm³/mol. The van der Waals surface area contributed by atoms with Crippen molar-refractivity contribution in [3.8, 4) is 0 Å². The Kier molecular flexibility index (Phi) is 4.75. The van der Waals surface area contributed by atoms with Crippen molar-refractivity contribution >= 4 is 34.2 Å². The number of nitrogens with zero attached hydrogens (tertiary/aromatic N) is 2. The summed E-state index contributed by atoms with van der Waals surface area (Å²) in [6.07, 6.45) is 1.43. The number of halogens is 1. The summed E-state index contributed by atoms with van der Waals surface area (Å²) >= 11 is 7.39. The molecule has 1 amide bonds. The van der Waals surface area contributed by atoms with Crippen molar-refractivity contribution in [3.63, 3.8) is 0 Å². The standard InChI is InChI=1S/C13H20ClN3O2S/c1-13(2,3)19-12(18)15-9-4-6-17(7-5-9)11-16-10(14)8-20-11/h8-9H,4-7H2,1-3H3,(H,15,18). The molecule has 7 heteroatoms. The quantitative estimate of drug-likeness (QED) is 0.909. The van der Waals surface area contributed by atoms with Crippen molar-refractivity contribution in [2.45, 2.75) is 45.3 Å². The molecule has 1 N–H and O–H groups in total. The van der Waals surface area contributed by atoms with Crippen LogP contribution in [0.1, 0.15) is 33.6 Å². The van der Waals surface area contributed by atoms with Gasteiger partial charge in [-0.05, 0) is 33.6 Å². The number of hydrogen-bond donors (Lipinski definition) is 1. The minimum Gasteiger partial charge on any atom is -0.444 e. The van der Waals surface area contributed by atoms with Crippen LogP contribution in [-0.2, 0) is 4.74 Å². The Labute approximate surface area is 128 Å². The summed E-state index contributed by atoms with van der Waals surface area (Å²) in [4.78, 5) is 18.2. The molecule has 0 aromatic carbocycles. The van der Waals surface area contributed by atoms with E-state index in [0.717, 1.165) is 31.1 Å². The van der Waals surface area contributed by atoms with Gasteiger partial charge in [0.15, 0.2) is 5.13 Å². The fourth-order valence-electron chi connectivity index (χ4n) is 2.08. The molecule has 0 unspecified atom stereocenters. The Balaban J connectivity index is 1.78. The van der Waals surface area contributed by atoms with Crippen LogP contribution in [0.3, 0.4) is 0 Å². The highest BCUT2D eigenvalue weighted by molar-refractivity contribution is 7.14. The molecule has 0 aliphatic carbocycles. The highest BCUT2D eigenvalue weighted by atomic mass is 35.5. The van der Waals surface area contributed by atoms with Crippen molar-refractivity contribution in [1.82, 2.24) is 10.3 Å². The van der Waals surface area contributed by atoms with Gasteiger partial charge in [0, 0.05) is 24.5 Å². The highest BCUT2D eigenvalue weighted by Crippen LogP contribution is 2.26. The van der Waals surface area contributed by atoms with E-state index in [9.17, 15) is 4.79 Å². The van der Waals surface area contributed by atoms with Gasteiger partial charge in [0.25, 0.3) is 0 Å². The first-order valence-corrected chi connectivity index (χ1v) is 7.95. The van der Waals surface area contributed by atoms with Crippen molar-refractivity contribution in [3.05, 3.63) is 10.5 Å². The lowest BCUT2D eigenvalue weighted by Gasteiger charge is -2.32. The molecule has 2 heterocycles. The smallest absolute Gasteiger partial charge is 0.407 e. The first kappa shape index (κ1) is 15.4. The van der Waals surface area contributed by atoms with Gasteiger partial charge in [0.2, 0.25) is 0 Å². The number of carbonyl (C=O) groups excluding carboxylic acids is 1. The number of thiazole rings is 1. The maximum absolute atomic E-state index is 11.7. The van der Waals surface area contributed by atoms with Gasteiger partial charge < -0.3 is 15.0 Å². The first-order chi connectivity index (χ1) is 9.33. The molecule has 0 saturated carbocycles. The van der Waals surface area contributed by atoms with Gasteiger partial charge in [-0.3, -0.25) is 0 Å². The summed E-state index contributed by atoms with van der Waals surface area (Å²) in [5.41, 5.74) is -0.456. The number of anilines is 1.